The number of nitrogens with one attached hydrogen (secondary N) is 2. The second-order valence-corrected chi connectivity index (χ2v) is 5.16. The maximum Gasteiger partial charge on any atom is 0.257 e. The Morgan fingerprint density at radius 1 is 1.42 bits per heavy atom. The first-order valence-electron chi connectivity index (χ1n) is 6.35. The fourth-order valence-corrected chi connectivity index (χ4v) is 1.75. The van der Waals surface area contributed by atoms with Crippen molar-refractivity contribution in [1.82, 2.24) is 10.6 Å². The molecule has 0 spiro atoms. The Hall–Kier alpha value is -1.26. The van der Waals surface area contributed by atoms with Crippen LogP contribution in [-0.2, 0) is 11.3 Å². The van der Waals surface area contributed by atoms with Gasteiger partial charge in [-0.3, -0.25) is 4.79 Å². The number of benzene rings is 1. The van der Waals surface area contributed by atoms with E-state index < -0.39 is 0 Å². The molecule has 0 saturated carbocycles. The lowest BCUT2D eigenvalue weighted by atomic mass is 10.2. The van der Waals surface area contributed by atoms with Gasteiger partial charge < -0.3 is 15.4 Å². The van der Waals surface area contributed by atoms with Crippen LogP contribution in [0.5, 0.6) is 5.75 Å². The number of carbonyl (C=O) groups is 1. The van der Waals surface area contributed by atoms with Gasteiger partial charge in [-0.2, -0.15) is 0 Å². The molecule has 19 heavy (non-hydrogen) atoms. The molecule has 5 heteroatoms. The highest BCUT2D eigenvalue weighted by Gasteiger charge is 2.05. The highest BCUT2D eigenvalue weighted by molar-refractivity contribution is 6.32. The van der Waals surface area contributed by atoms with Gasteiger partial charge in [0, 0.05) is 13.6 Å². The largest absolute Gasteiger partial charge is 0.482 e. The van der Waals surface area contributed by atoms with E-state index in [1.165, 1.54) is 0 Å². The highest BCUT2D eigenvalue weighted by Crippen LogP contribution is 2.25. The van der Waals surface area contributed by atoms with Crippen molar-refractivity contribution in [2.75, 3.05) is 20.2 Å². The fourth-order valence-electron chi connectivity index (χ4n) is 1.49. The van der Waals surface area contributed by atoms with Crippen molar-refractivity contribution >= 4 is 17.5 Å². The number of rotatable bonds is 7. The second-order valence-electron chi connectivity index (χ2n) is 4.75. The average molecular weight is 285 g/mol. The van der Waals surface area contributed by atoms with E-state index in [4.69, 9.17) is 16.3 Å². The molecule has 0 saturated heterocycles. The van der Waals surface area contributed by atoms with E-state index in [-0.39, 0.29) is 12.5 Å². The summed E-state index contributed by atoms with van der Waals surface area (Å²) in [5, 5.41) is 6.35. The minimum absolute atomic E-state index is 0.0266. The Morgan fingerprint density at radius 2 is 2.16 bits per heavy atom. The van der Waals surface area contributed by atoms with Crippen LogP contribution < -0.4 is 15.4 Å². The third-order valence-electron chi connectivity index (χ3n) is 2.52. The third kappa shape index (κ3) is 5.94. The number of halogens is 1. The molecule has 106 valence electrons. The molecule has 1 amide bonds. The third-order valence-corrected chi connectivity index (χ3v) is 2.81. The lowest BCUT2D eigenvalue weighted by Crippen LogP contribution is -2.24. The lowest BCUT2D eigenvalue weighted by Gasteiger charge is -2.10. The van der Waals surface area contributed by atoms with Gasteiger partial charge >= 0.3 is 0 Å². The van der Waals surface area contributed by atoms with Crippen molar-refractivity contribution in [3.8, 4) is 5.75 Å². The Bertz CT molecular complexity index is 422. The van der Waals surface area contributed by atoms with Gasteiger partial charge in [-0.05, 0) is 30.2 Å². The highest BCUT2D eigenvalue weighted by atomic mass is 35.5. The van der Waals surface area contributed by atoms with E-state index in [1.807, 2.05) is 12.1 Å². The molecule has 0 unspecified atom stereocenters. The molecule has 0 aliphatic carbocycles. The summed E-state index contributed by atoms with van der Waals surface area (Å²) in [6, 6.07) is 5.59. The van der Waals surface area contributed by atoms with Crippen LogP contribution in [0.1, 0.15) is 19.4 Å². The van der Waals surface area contributed by atoms with Gasteiger partial charge in [0.25, 0.3) is 5.91 Å². The summed E-state index contributed by atoms with van der Waals surface area (Å²) in [5.74, 6) is 0.960. The van der Waals surface area contributed by atoms with Crippen LogP contribution in [-0.4, -0.2) is 26.1 Å². The van der Waals surface area contributed by atoms with Crippen LogP contribution in [0.25, 0.3) is 0 Å². The van der Waals surface area contributed by atoms with E-state index in [9.17, 15) is 4.79 Å². The van der Waals surface area contributed by atoms with Crippen molar-refractivity contribution in [3.63, 3.8) is 0 Å². The normalized spacial score (nSPS) is 10.6. The van der Waals surface area contributed by atoms with Crippen LogP contribution in [0.15, 0.2) is 18.2 Å². The zero-order valence-corrected chi connectivity index (χ0v) is 12.4. The van der Waals surface area contributed by atoms with Crippen molar-refractivity contribution in [1.29, 1.82) is 0 Å². The molecular formula is C14H21ClN2O2. The summed E-state index contributed by atoms with van der Waals surface area (Å²) < 4.78 is 5.32. The molecule has 0 aliphatic heterocycles. The van der Waals surface area contributed by atoms with E-state index in [1.54, 1.807) is 13.1 Å². The fraction of sp³-hybridized carbons (Fsp3) is 0.500. The smallest absolute Gasteiger partial charge is 0.257 e. The molecule has 0 fully saturated rings. The Balaban J connectivity index is 2.51. The number of carbonyl (C=O) groups excluding carboxylic acids is 1. The summed E-state index contributed by atoms with van der Waals surface area (Å²) in [4.78, 5) is 11.1. The molecule has 0 atom stereocenters. The number of likely N-dealkylation sites (N-methyl/N-ethyl adjacent to an activating group) is 1. The number of ether oxygens (including phenoxy) is 1. The quantitative estimate of drug-likeness (QED) is 0.807. The monoisotopic (exact) mass is 284 g/mol. The van der Waals surface area contributed by atoms with Gasteiger partial charge in [-0.25, -0.2) is 0 Å². The Labute approximate surface area is 119 Å². The molecule has 0 aliphatic rings. The summed E-state index contributed by atoms with van der Waals surface area (Å²) in [5.41, 5.74) is 1.10. The van der Waals surface area contributed by atoms with Gasteiger partial charge in [0.15, 0.2) is 6.61 Å². The number of amides is 1. The van der Waals surface area contributed by atoms with E-state index in [0.717, 1.165) is 18.7 Å². The first kappa shape index (κ1) is 15.8. The zero-order chi connectivity index (χ0) is 14.3. The van der Waals surface area contributed by atoms with Gasteiger partial charge in [-0.15, -0.1) is 0 Å². The van der Waals surface area contributed by atoms with E-state index in [2.05, 4.69) is 24.5 Å². The van der Waals surface area contributed by atoms with Crippen LogP contribution in [0, 0.1) is 5.92 Å². The summed E-state index contributed by atoms with van der Waals surface area (Å²) >= 11 is 6.11. The molecule has 1 aromatic carbocycles. The number of hydrogen-bond acceptors (Lipinski definition) is 3. The SMILES string of the molecule is CNC(=O)COc1ccc(CNCC(C)C)cc1Cl. The lowest BCUT2D eigenvalue weighted by molar-refractivity contribution is -0.122. The molecule has 0 bridgehead atoms. The minimum Gasteiger partial charge on any atom is -0.482 e. The average Bonchev–Trinajstić information content (AvgIpc) is 2.37. The predicted molar refractivity (Wildman–Crippen MR) is 77.6 cm³/mol. The molecule has 1 rings (SSSR count). The maximum atomic E-state index is 11.1. The van der Waals surface area contributed by atoms with E-state index in [0.29, 0.717) is 16.7 Å². The zero-order valence-electron chi connectivity index (χ0n) is 11.6. The molecule has 0 aromatic heterocycles. The summed E-state index contributed by atoms with van der Waals surface area (Å²) in [6.45, 7) is 6.03. The van der Waals surface area contributed by atoms with Gasteiger partial charge in [0.2, 0.25) is 0 Å². The summed E-state index contributed by atoms with van der Waals surface area (Å²) in [7, 11) is 1.57. The number of hydrogen-bond donors (Lipinski definition) is 2. The van der Waals surface area contributed by atoms with Gasteiger partial charge in [-0.1, -0.05) is 31.5 Å². The predicted octanol–water partition coefficient (Wildman–Crippen LogP) is 2.21. The van der Waals surface area contributed by atoms with Crippen molar-refractivity contribution < 1.29 is 9.53 Å². The molecule has 4 nitrogen and oxygen atoms in total. The molecule has 0 heterocycles. The Morgan fingerprint density at radius 3 is 2.74 bits per heavy atom. The topological polar surface area (TPSA) is 50.4 Å². The van der Waals surface area contributed by atoms with Gasteiger partial charge in [0.1, 0.15) is 5.75 Å². The second kappa shape index (κ2) is 8.02. The van der Waals surface area contributed by atoms with Crippen LogP contribution in [0.3, 0.4) is 0 Å². The van der Waals surface area contributed by atoms with Crippen LogP contribution in [0.2, 0.25) is 5.02 Å². The minimum atomic E-state index is -0.182. The first-order valence-corrected chi connectivity index (χ1v) is 6.73. The molecule has 1 aromatic rings. The van der Waals surface area contributed by atoms with Crippen molar-refractivity contribution in [3.05, 3.63) is 28.8 Å². The standard InChI is InChI=1S/C14H21ClN2O2/c1-10(2)7-17-8-11-4-5-13(12(15)6-11)19-9-14(18)16-3/h4-6,10,17H,7-9H2,1-3H3,(H,16,18). The molecule has 2 N–H and O–H groups in total. The van der Waals surface area contributed by atoms with Crippen molar-refractivity contribution in [2.45, 2.75) is 20.4 Å². The van der Waals surface area contributed by atoms with Gasteiger partial charge in [0.05, 0.1) is 5.02 Å². The maximum absolute atomic E-state index is 11.1. The first-order chi connectivity index (χ1) is 9.02. The molecule has 0 radical (unpaired) electrons. The van der Waals surface area contributed by atoms with E-state index >= 15 is 0 Å². The molecular weight excluding hydrogens is 264 g/mol. The van der Waals surface area contributed by atoms with Crippen molar-refractivity contribution in [2.24, 2.45) is 5.92 Å². The Kier molecular flexibility index (Phi) is 6.67. The van der Waals surface area contributed by atoms with Crippen LogP contribution >= 0.6 is 11.6 Å². The van der Waals surface area contributed by atoms with Crippen LogP contribution in [0.4, 0.5) is 0 Å². The summed E-state index contributed by atoms with van der Waals surface area (Å²) in [6.07, 6.45) is 0.